The van der Waals surface area contributed by atoms with Crippen molar-refractivity contribution in [2.24, 2.45) is 0 Å². The zero-order valence-corrected chi connectivity index (χ0v) is 8.06. The van der Waals surface area contributed by atoms with Crippen LogP contribution in [0.3, 0.4) is 0 Å². The molecule has 2 unspecified atom stereocenters. The van der Waals surface area contributed by atoms with Crippen LogP contribution in [0.4, 0.5) is 0 Å². The van der Waals surface area contributed by atoms with Gasteiger partial charge in [0.05, 0.1) is 18.0 Å². The summed E-state index contributed by atoms with van der Waals surface area (Å²) in [6.45, 7) is 3.44. The predicted molar refractivity (Wildman–Crippen MR) is 48.1 cm³/mol. The Hall–Kier alpha value is -1.00. The van der Waals surface area contributed by atoms with E-state index < -0.39 is 5.60 Å². The molecule has 0 aliphatic heterocycles. The van der Waals surface area contributed by atoms with E-state index in [1.165, 1.54) is 6.20 Å². The van der Waals surface area contributed by atoms with E-state index >= 15 is 0 Å². The molecule has 0 aliphatic carbocycles. The molecule has 0 amide bonds. The number of ether oxygens (including phenoxy) is 1. The minimum Gasteiger partial charge on any atom is -0.381 e. The number of aliphatic hydroxyl groups is 1. The van der Waals surface area contributed by atoms with E-state index in [0.717, 1.165) is 0 Å². The zero-order valence-electron chi connectivity index (χ0n) is 8.06. The first-order chi connectivity index (χ1) is 6.09. The van der Waals surface area contributed by atoms with Gasteiger partial charge >= 0.3 is 0 Å². The highest BCUT2D eigenvalue weighted by Gasteiger charge is 2.32. The molecule has 4 heteroatoms. The van der Waals surface area contributed by atoms with E-state index in [1.54, 1.807) is 33.4 Å². The normalized spacial score (nSPS) is 17.8. The van der Waals surface area contributed by atoms with Gasteiger partial charge in [0.15, 0.2) is 0 Å². The molecule has 2 atom stereocenters. The van der Waals surface area contributed by atoms with E-state index in [0.29, 0.717) is 5.69 Å². The molecular weight excluding hydrogens is 168 g/mol. The molecule has 13 heavy (non-hydrogen) atoms. The van der Waals surface area contributed by atoms with Crippen LogP contribution in [0.25, 0.3) is 0 Å². The summed E-state index contributed by atoms with van der Waals surface area (Å²) >= 11 is 0. The number of methoxy groups -OCH3 is 1. The van der Waals surface area contributed by atoms with E-state index in [4.69, 9.17) is 4.74 Å². The standard InChI is InChI=1S/C9H14N2O2/c1-7(13-3)9(2,12)8-6-10-4-5-11-8/h4-7,12H,1-3H3. The second kappa shape index (κ2) is 3.81. The molecule has 0 fully saturated rings. The second-order valence-electron chi connectivity index (χ2n) is 3.12. The Morgan fingerprint density at radius 2 is 2.23 bits per heavy atom. The third kappa shape index (κ3) is 2.02. The number of nitrogens with zero attached hydrogens (tertiary/aromatic N) is 2. The van der Waals surface area contributed by atoms with Crippen LogP contribution in [-0.2, 0) is 10.3 Å². The summed E-state index contributed by atoms with van der Waals surface area (Å²) in [5, 5.41) is 10.0. The molecule has 4 nitrogen and oxygen atoms in total. The van der Waals surface area contributed by atoms with Gasteiger partial charge in [0, 0.05) is 19.5 Å². The summed E-state index contributed by atoms with van der Waals surface area (Å²) in [5.41, 5.74) is -0.576. The Kier molecular flexibility index (Phi) is 2.95. The van der Waals surface area contributed by atoms with Crippen molar-refractivity contribution in [2.75, 3.05) is 7.11 Å². The van der Waals surface area contributed by atoms with Gasteiger partial charge in [-0.3, -0.25) is 9.97 Å². The monoisotopic (exact) mass is 182 g/mol. The van der Waals surface area contributed by atoms with Gasteiger partial charge in [0.1, 0.15) is 5.60 Å². The molecule has 0 spiro atoms. The Morgan fingerprint density at radius 3 is 2.69 bits per heavy atom. The fourth-order valence-electron chi connectivity index (χ4n) is 0.998. The summed E-state index contributed by atoms with van der Waals surface area (Å²) in [4.78, 5) is 7.92. The van der Waals surface area contributed by atoms with E-state index in [-0.39, 0.29) is 6.10 Å². The zero-order chi connectivity index (χ0) is 9.90. The molecule has 0 aliphatic rings. The highest BCUT2D eigenvalue weighted by Crippen LogP contribution is 2.23. The highest BCUT2D eigenvalue weighted by atomic mass is 16.5. The molecule has 1 N–H and O–H groups in total. The molecule has 0 bridgehead atoms. The number of hydrogen-bond acceptors (Lipinski definition) is 4. The summed E-state index contributed by atoms with van der Waals surface area (Å²) in [6.07, 6.45) is 4.34. The quantitative estimate of drug-likeness (QED) is 0.748. The molecule has 0 radical (unpaired) electrons. The van der Waals surface area contributed by atoms with Gasteiger partial charge in [-0.25, -0.2) is 0 Å². The van der Waals surface area contributed by atoms with Crippen LogP contribution in [0, 0.1) is 0 Å². The lowest BCUT2D eigenvalue weighted by atomic mass is 9.97. The Balaban J connectivity index is 2.93. The third-order valence-corrected chi connectivity index (χ3v) is 2.23. The molecular formula is C9H14N2O2. The van der Waals surface area contributed by atoms with Crippen LogP contribution in [0.15, 0.2) is 18.6 Å². The van der Waals surface area contributed by atoms with Gasteiger partial charge in [-0.15, -0.1) is 0 Å². The molecule has 1 heterocycles. The smallest absolute Gasteiger partial charge is 0.131 e. The van der Waals surface area contributed by atoms with Gasteiger partial charge in [-0.05, 0) is 13.8 Å². The van der Waals surface area contributed by atoms with E-state index in [2.05, 4.69) is 9.97 Å². The van der Waals surface area contributed by atoms with Gasteiger partial charge in [-0.1, -0.05) is 0 Å². The van der Waals surface area contributed by atoms with E-state index in [1.807, 2.05) is 0 Å². The average molecular weight is 182 g/mol. The molecule has 0 saturated heterocycles. The highest BCUT2D eigenvalue weighted by molar-refractivity contribution is 5.08. The van der Waals surface area contributed by atoms with Crippen molar-refractivity contribution in [1.82, 2.24) is 9.97 Å². The Bertz CT molecular complexity index is 262. The van der Waals surface area contributed by atoms with Crippen molar-refractivity contribution in [3.63, 3.8) is 0 Å². The fraction of sp³-hybridized carbons (Fsp3) is 0.556. The fourth-order valence-corrected chi connectivity index (χ4v) is 0.998. The van der Waals surface area contributed by atoms with Crippen LogP contribution in [0.2, 0.25) is 0 Å². The Morgan fingerprint density at radius 1 is 1.54 bits per heavy atom. The minimum atomic E-state index is -1.09. The number of rotatable bonds is 3. The van der Waals surface area contributed by atoms with Crippen LogP contribution in [0.1, 0.15) is 19.5 Å². The Labute approximate surface area is 77.6 Å². The van der Waals surface area contributed by atoms with Crippen LogP contribution < -0.4 is 0 Å². The maximum Gasteiger partial charge on any atom is 0.131 e. The van der Waals surface area contributed by atoms with Crippen molar-refractivity contribution in [3.8, 4) is 0 Å². The molecule has 1 aromatic heterocycles. The molecule has 1 rings (SSSR count). The van der Waals surface area contributed by atoms with Crippen molar-refractivity contribution in [3.05, 3.63) is 24.3 Å². The largest absolute Gasteiger partial charge is 0.381 e. The summed E-state index contributed by atoms with van der Waals surface area (Å²) in [7, 11) is 1.55. The van der Waals surface area contributed by atoms with Crippen LogP contribution >= 0.6 is 0 Å². The minimum absolute atomic E-state index is 0.316. The van der Waals surface area contributed by atoms with Gasteiger partial charge in [0.2, 0.25) is 0 Å². The van der Waals surface area contributed by atoms with Crippen LogP contribution in [0.5, 0.6) is 0 Å². The maximum absolute atomic E-state index is 10.0. The first-order valence-corrected chi connectivity index (χ1v) is 4.10. The summed E-state index contributed by atoms with van der Waals surface area (Å²) < 4.78 is 5.05. The van der Waals surface area contributed by atoms with Gasteiger partial charge < -0.3 is 9.84 Å². The predicted octanol–water partition coefficient (Wildman–Crippen LogP) is 0.719. The van der Waals surface area contributed by atoms with Gasteiger partial charge in [0.25, 0.3) is 0 Å². The molecule has 72 valence electrons. The second-order valence-corrected chi connectivity index (χ2v) is 3.12. The summed E-state index contributed by atoms with van der Waals surface area (Å²) in [5.74, 6) is 0. The summed E-state index contributed by atoms with van der Waals surface area (Å²) in [6, 6.07) is 0. The van der Waals surface area contributed by atoms with Crippen molar-refractivity contribution >= 4 is 0 Å². The first kappa shape index (κ1) is 10.1. The van der Waals surface area contributed by atoms with Gasteiger partial charge in [-0.2, -0.15) is 0 Å². The average Bonchev–Trinajstić information content (AvgIpc) is 2.18. The first-order valence-electron chi connectivity index (χ1n) is 4.10. The maximum atomic E-state index is 10.0. The molecule has 0 saturated carbocycles. The van der Waals surface area contributed by atoms with Crippen LogP contribution in [-0.4, -0.2) is 28.3 Å². The van der Waals surface area contributed by atoms with Crippen molar-refractivity contribution in [2.45, 2.75) is 25.6 Å². The van der Waals surface area contributed by atoms with Crippen molar-refractivity contribution in [1.29, 1.82) is 0 Å². The van der Waals surface area contributed by atoms with Crippen molar-refractivity contribution < 1.29 is 9.84 Å². The topological polar surface area (TPSA) is 55.2 Å². The lowest BCUT2D eigenvalue weighted by molar-refractivity contribution is -0.0800. The lowest BCUT2D eigenvalue weighted by Gasteiger charge is -2.27. The van der Waals surface area contributed by atoms with E-state index in [9.17, 15) is 5.11 Å². The molecule has 0 aromatic carbocycles. The molecule has 1 aromatic rings. The third-order valence-electron chi connectivity index (χ3n) is 2.23. The number of hydrogen-bond donors (Lipinski definition) is 1. The lowest BCUT2D eigenvalue weighted by Crippen LogP contribution is -2.36. The number of aromatic nitrogens is 2. The SMILES string of the molecule is COC(C)C(C)(O)c1cnccn1.